The number of halogens is 4. The Kier molecular flexibility index (Phi) is 4.13. The van der Waals surface area contributed by atoms with Crippen LogP contribution in [0.4, 0.5) is 17.6 Å². The van der Waals surface area contributed by atoms with Crippen LogP contribution in [0.15, 0.2) is 18.2 Å². The lowest BCUT2D eigenvalue weighted by molar-refractivity contribution is -0.137. The molecule has 1 saturated heterocycles. The number of piperidine rings is 1. The molecule has 19 heavy (non-hydrogen) atoms. The Morgan fingerprint density at radius 3 is 2.32 bits per heavy atom. The molecule has 1 aliphatic heterocycles. The molecule has 0 aromatic heterocycles. The first-order valence-electron chi connectivity index (χ1n) is 6.50. The van der Waals surface area contributed by atoms with Crippen LogP contribution in [0.2, 0.25) is 0 Å². The van der Waals surface area contributed by atoms with E-state index < -0.39 is 17.6 Å². The van der Waals surface area contributed by atoms with E-state index in [0.717, 1.165) is 38.5 Å². The van der Waals surface area contributed by atoms with Gasteiger partial charge in [0.25, 0.3) is 0 Å². The topological polar surface area (TPSA) is 3.24 Å². The molecule has 1 nitrogen and oxygen atoms in total. The summed E-state index contributed by atoms with van der Waals surface area (Å²) < 4.78 is 51.3. The molecule has 0 atom stereocenters. The summed E-state index contributed by atoms with van der Waals surface area (Å²) in [4.78, 5) is 2.25. The fraction of sp³-hybridized carbons (Fsp3) is 0.571. The van der Waals surface area contributed by atoms with E-state index in [1.807, 2.05) is 0 Å². The maximum Gasteiger partial charge on any atom is 0.416 e. The molecule has 0 spiro atoms. The molecule has 0 aliphatic carbocycles. The van der Waals surface area contributed by atoms with E-state index in [1.165, 1.54) is 6.07 Å². The van der Waals surface area contributed by atoms with Gasteiger partial charge in [0.2, 0.25) is 0 Å². The highest BCUT2D eigenvalue weighted by molar-refractivity contribution is 5.29. The van der Waals surface area contributed by atoms with Crippen LogP contribution in [0.5, 0.6) is 0 Å². The fourth-order valence-corrected chi connectivity index (χ4v) is 2.59. The van der Waals surface area contributed by atoms with Crippen LogP contribution in [0.25, 0.3) is 0 Å². The number of hydrogen-bond donors (Lipinski definition) is 0. The predicted molar refractivity (Wildman–Crippen MR) is 65.5 cm³/mol. The summed E-state index contributed by atoms with van der Waals surface area (Å²) in [6, 6.07) is 2.89. The smallest absolute Gasteiger partial charge is 0.304 e. The van der Waals surface area contributed by atoms with Gasteiger partial charge in [-0.15, -0.1) is 0 Å². The number of likely N-dealkylation sites (tertiary alicyclic amines) is 1. The molecule has 5 heteroatoms. The third-order valence-corrected chi connectivity index (χ3v) is 3.75. The molecule has 1 heterocycles. The van der Waals surface area contributed by atoms with Gasteiger partial charge in [-0.05, 0) is 62.2 Å². The maximum atomic E-state index is 13.3. The first kappa shape index (κ1) is 14.3. The zero-order valence-corrected chi connectivity index (χ0v) is 10.8. The summed E-state index contributed by atoms with van der Waals surface area (Å²) in [6.07, 6.45) is -2.91. The Hall–Kier alpha value is -1.10. The van der Waals surface area contributed by atoms with Gasteiger partial charge >= 0.3 is 6.18 Å². The van der Waals surface area contributed by atoms with Gasteiger partial charge in [-0.3, -0.25) is 0 Å². The molecular weight excluding hydrogens is 258 g/mol. The van der Waals surface area contributed by atoms with Crippen LogP contribution in [-0.4, -0.2) is 24.5 Å². The Bertz CT molecular complexity index is 434. The Labute approximate surface area is 110 Å². The van der Waals surface area contributed by atoms with E-state index in [2.05, 4.69) is 11.8 Å². The minimum atomic E-state index is -4.49. The van der Waals surface area contributed by atoms with E-state index in [1.54, 1.807) is 0 Å². The van der Waals surface area contributed by atoms with Crippen LogP contribution < -0.4 is 0 Å². The molecule has 1 aromatic rings. The lowest BCUT2D eigenvalue weighted by atomic mass is 9.88. The van der Waals surface area contributed by atoms with Gasteiger partial charge in [-0.25, -0.2) is 4.39 Å². The zero-order valence-electron chi connectivity index (χ0n) is 10.8. The van der Waals surface area contributed by atoms with Crippen molar-refractivity contribution in [3.8, 4) is 0 Å². The maximum absolute atomic E-state index is 13.3. The number of benzene rings is 1. The summed E-state index contributed by atoms with van der Waals surface area (Å²) in [6.45, 7) is 4.73. The third kappa shape index (κ3) is 3.47. The molecule has 0 radical (unpaired) electrons. The molecule has 106 valence electrons. The normalized spacial score (nSPS) is 18.8. The summed E-state index contributed by atoms with van der Waals surface area (Å²) in [7, 11) is 0. The lowest BCUT2D eigenvalue weighted by Gasteiger charge is -2.31. The van der Waals surface area contributed by atoms with E-state index in [-0.39, 0.29) is 5.92 Å². The van der Waals surface area contributed by atoms with Crippen LogP contribution in [0, 0.1) is 5.82 Å². The van der Waals surface area contributed by atoms with Gasteiger partial charge in [-0.2, -0.15) is 13.2 Å². The molecule has 0 bridgehead atoms. The van der Waals surface area contributed by atoms with Gasteiger partial charge in [0.15, 0.2) is 0 Å². The second-order valence-corrected chi connectivity index (χ2v) is 4.98. The number of rotatable bonds is 2. The highest BCUT2D eigenvalue weighted by atomic mass is 19.4. The first-order chi connectivity index (χ1) is 8.90. The molecule has 1 aromatic carbocycles. The molecule has 0 saturated carbocycles. The largest absolute Gasteiger partial charge is 0.416 e. The van der Waals surface area contributed by atoms with E-state index in [0.29, 0.717) is 11.6 Å². The standard InChI is InChI=1S/C14H17F4N/c1-2-19-5-3-10(4-6-19)11-7-12(14(16,17)18)9-13(15)8-11/h7-10H,2-6H2,1H3. The number of nitrogens with zero attached hydrogens (tertiary/aromatic N) is 1. The fourth-order valence-electron chi connectivity index (χ4n) is 2.59. The van der Waals surface area contributed by atoms with Crippen LogP contribution in [0.3, 0.4) is 0 Å². The van der Waals surface area contributed by atoms with E-state index >= 15 is 0 Å². The lowest BCUT2D eigenvalue weighted by Crippen LogP contribution is -2.32. The number of alkyl halides is 3. The summed E-state index contributed by atoms with van der Waals surface area (Å²) in [5, 5.41) is 0. The van der Waals surface area contributed by atoms with Crippen molar-refractivity contribution in [1.29, 1.82) is 0 Å². The first-order valence-corrected chi connectivity index (χ1v) is 6.50. The van der Waals surface area contributed by atoms with Gasteiger partial charge in [0.05, 0.1) is 5.56 Å². The van der Waals surface area contributed by atoms with Gasteiger partial charge in [0.1, 0.15) is 5.82 Å². The third-order valence-electron chi connectivity index (χ3n) is 3.75. The van der Waals surface area contributed by atoms with Crippen LogP contribution in [-0.2, 0) is 6.18 Å². The average Bonchev–Trinajstić information content (AvgIpc) is 2.37. The molecule has 1 aliphatic rings. The average molecular weight is 275 g/mol. The zero-order chi connectivity index (χ0) is 14.0. The minimum Gasteiger partial charge on any atom is -0.304 e. The Morgan fingerprint density at radius 2 is 1.79 bits per heavy atom. The van der Waals surface area contributed by atoms with Crippen LogP contribution in [0.1, 0.15) is 36.8 Å². The van der Waals surface area contributed by atoms with Crippen molar-refractivity contribution >= 4 is 0 Å². The second kappa shape index (κ2) is 5.49. The van der Waals surface area contributed by atoms with Gasteiger partial charge in [-0.1, -0.05) is 6.92 Å². The summed E-state index contributed by atoms with van der Waals surface area (Å²) in [5.41, 5.74) is -0.413. The van der Waals surface area contributed by atoms with Crippen molar-refractivity contribution in [3.05, 3.63) is 35.1 Å². The molecular formula is C14H17F4N. The Balaban J connectivity index is 2.19. The van der Waals surface area contributed by atoms with Gasteiger partial charge in [0, 0.05) is 0 Å². The predicted octanol–water partition coefficient (Wildman–Crippen LogP) is 4.04. The Morgan fingerprint density at radius 1 is 1.16 bits per heavy atom. The van der Waals surface area contributed by atoms with Crippen molar-refractivity contribution < 1.29 is 17.6 Å². The number of hydrogen-bond acceptors (Lipinski definition) is 1. The molecule has 1 fully saturated rings. The monoisotopic (exact) mass is 275 g/mol. The van der Waals surface area contributed by atoms with Crippen molar-refractivity contribution in [3.63, 3.8) is 0 Å². The molecule has 0 N–H and O–H groups in total. The van der Waals surface area contributed by atoms with Crippen molar-refractivity contribution in [2.24, 2.45) is 0 Å². The molecule has 0 unspecified atom stereocenters. The van der Waals surface area contributed by atoms with Crippen molar-refractivity contribution in [1.82, 2.24) is 4.90 Å². The van der Waals surface area contributed by atoms with Crippen molar-refractivity contribution in [2.45, 2.75) is 31.9 Å². The van der Waals surface area contributed by atoms with Crippen LogP contribution >= 0.6 is 0 Å². The quantitative estimate of drug-likeness (QED) is 0.736. The molecule has 0 amide bonds. The summed E-state index contributed by atoms with van der Waals surface area (Å²) in [5.74, 6) is -0.776. The highest BCUT2D eigenvalue weighted by Gasteiger charge is 2.32. The van der Waals surface area contributed by atoms with Crippen molar-refractivity contribution in [2.75, 3.05) is 19.6 Å². The minimum absolute atomic E-state index is 0.0274. The van der Waals surface area contributed by atoms with E-state index in [4.69, 9.17) is 0 Å². The highest BCUT2D eigenvalue weighted by Crippen LogP contribution is 2.34. The SMILES string of the molecule is CCN1CCC(c2cc(F)cc(C(F)(F)F)c2)CC1. The molecule has 2 rings (SSSR count). The summed E-state index contributed by atoms with van der Waals surface area (Å²) >= 11 is 0. The van der Waals surface area contributed by atoms with Gasteiger partial charge < -0.3 is 4.90 Å². The second-order valence-electron chi connectivity index (χ2n) is 4.98. The van der Waals surface area contributed by atoms with E-state index in [9.17, 15) is 17.6 Å².